The fraction of sp³-hybridized carbons (Fsp3) is 0.560. The molecule has 3 fully saturated rings. The monoisotopic (exact) mass is 451 g/mol. The van der Waals surface area contributed by atoms with Crippen molar-refractivity contribution in [1.82, 2.24) is 24.9 Å². The van der Waals surface area contributed by atoms with Gasteiger partial charge in [0.1, 0.15) is 0 Å². The molecule has 2 aromatic rings. The number of hydrogen-bond donors (Lipinski definition) is 1. The van der Waals surface area contributed by atoms with E-state index in [0.717, 1.165) is 50.2 Å². The van der Waals surface area contributed by atoms with Crippen molar-refractivity contribution >= 4 is 12.0 Å². The Labute approximate surface area is 194 Å². The van der Waals surface area contributed by atoms with E-state index in [1.807, 2.05) is 36.2 Å². The Bertz CT molecular complexity index is 975. The minimum Gasteiger partial charge on any atom is -0.450 e. The maximum Gasteiger partial charge on any atom is 0.409 e. The van der Waals surface area contributed by atoms with Gasteiger partial charge in [0.25, 0.3) is 0 Å². The van der Waals surface area contributed by atoms with Gasteiger partial charge in [0, 0.05) is 44.2 Å². The summed E-state index contributed by atoms with van der Waals surface area (Å²) in [4.78, 5) is 31.2. The van der Waals surface area contributed by atoms with Gasteiger partial charge in [-0.25, -0.2) is 4.79 Å². The van der Waals surface area contributed by atoms with Gasteiger partial charge in [-0.3, -0.25) is 14.8 Å². The van der Waals surface area contributed by atoms with Gasteiger partial charge in [-0.05, 0) is 50.3 Å². The summed E-state index contributed by atoms with van der Waals surface area (Å²) in [6.07, 6.45) is 4.83. The van der Waals surface area contributed by atoms with E-state index < -0.39 is 0 Å². The highest BCUT2D eigenvalue weighted by Crippen LogP contribution is 2.60. The Hall–Kier alpha value is -2.87. The highest BCUT2D eigenvalue weighted by molar-refractivity contribution is 5.83. The van der Waals surface area contributed by atoms with Gasteiger partial charge in [-0.1, -0.05) is 30.3 Å². The summed E-state index contributed by atoms with van der Waals surface area (Å²) in [5, 5.41) is 7.44. The predicted molar refractivity (Wildman–Crippen MR) is 124 cm³/mol. The van der Waals surface area contributed by atoms with Gasteiger partial charge >= 0.3 is 6.09 Å². The molecule has 0 unspecified atom stereocenters. The van der Waals surface area contributed by atoms with Crippen molar-refractivity contribution in [3.63, 3.8) is 0 Å². The second kappa shape index (κ2) is 9.17. The number of aromatic nitrogens is 2. The Kier molecular flexibility index (Phi) is 6.10. The molecule has 1 N–H and O–H groups in total. The number of aromatic amines is 1. The van der Waals surface area contributed by atoms with Gasteiger partial charge in [-0.2, -0.15) is 5.10 Å². The van der Waals surface area contributed by atoms with E-state index in [2.05, 4.69) is 27.2 Å². The minimum absolute atomic E-state index is 0.155. The van der Waals surface area contributed by atoms with E-state index in [1.54, 1.807) is 4.90 Å². The fourth-order valence-corrected chi connectivity index (χ4v) is 5.48. The quantitative estimate of drug-likeness (QED) is 0.756. The molecular formula is C25H33N5O3. The number of nitrogens with one attached hydrogen (secondary N) is 1. The number of rotatable bonds is 5. The lowest BCUT2D eigenvalue weighted by Crippen LogP contribution is -2.51. The molecule has 33 heavy (non-hydrogen) atoms. The normalized spacial score (nSPS) is 22.4. The highest BCUT2D eigenvalue weighted by Gasteiger charge is 2.59. The van der Waals surface area contributed by atoms with E-state index >= 15 is 0 Å². The zero-order valence-corrected chi connectivity index (χ0v) is 19.3. The first-order valence-electron chi connectivity index (χ1n) is 12.1. The number of carbonyl (C=O) groups excluding carboxylic acids is 2. The minimum atomic E-state index is -0.270. The molecule has 1 aliphatic carbocycles. The third kappa shape index (κ3) is 4.49. The van der Waals surface area contributed by atoms with Crippen molar-refractivity contribution in [2.24, 2.45) is 11.3 Å². The summed E-state index contributed by atoms with van der Waals surface area (Å²) in [5.74, 6) is 0.441. The van der Waals surface area contributed by atoms with E-state index in [1.165, 1.54) is 5.56 Å². The standard InChI is InChI=1S/C25H33N5O3/c1-2-33-24(32)30-14-12-29(13-15-30)23(31)21-16-25(21)8-10-28(11-9-25)18-20-17-26-27-22(20)19-6-4-3-5-7-19/h3-7,17,21H,2,8-16,18H2,1H3,(H,26,27)/t21-/m0/s1. The molecule has 176 valence electrons. The average molecular weight is 452 g/mol. The van der Waals surface area contributed by atoms with E-state index in [4.69, 9.17) is 4.74 Å². The van der Waals surface area contributed by atoms with Crippen molar-refractivity contribution in [3.05, 3.63) is 42.1 Å². The molecule has 3 aliphatic rings. The van der Waals surface area contributed by atoms with Crippen LogP contribution < -0.4 is 0 Å². The van der Waals surface area contributed by atoms with Crippen molar-refractivity contribution in [3.8, 4) is 11.3 Å². The van der Waals surface area contributed by atoms with Gasteiger partial charge in [0.15, 0.2) is 0 Å². The van der Waals surface area contributed by atoms with Crippen LogP contribution in [0, 0.1) is 11.3 Å². The summed E-state index contributed by atoms with van der Waals surface area (Å²) in [6, 6.07) is 10.3. The lowest BCUT2D eigenvalue weighted by Gasteiger charge is -2.36. The Balaban J connectivity index is 1.11. The van der Waals surface area contributed by atoms with Crippen LogP contribution in [0.2, 0.25) is 0 Å². The fourth-order valence-electron chi connectivity index (χ4n) is 5.48. The molecule has 2 amide bonds. The highest BCUT2D eigenvalue weighted by atomic mass is 16.6. The third-order valence-electron chi connectivity index (χ3n) is 7.63. The Morgan fingerprint density at radius 1 is 1.06 bits per heavy atom. The predicted octanol–water partition coefficient (Wildman–Crippen LogP) is 2.98. The van der Waals surface area contributed by atoms with Crippen LogP contribution in [-0.2, 0) is 16.1 Å². The van der Waals surface area contributed by atoms with E-state index in [0.29, 0.717) is 32.8 Å². The number of benzene rings is 1. The lowest BCUT2D eigenvalue weighted by atomic mass is 9.90. The van der Waals surface area contributed by atoms with Gasteiger partial charge < -0.3 is 14.5 Å². The Morgan fingerprint density at radius 2 is 1.76 bits per heavy atom. The maximum atomic E-state index is 13.1. The molecule has 1 atom stereocenters. The molecule has 2 saturated heterocycles. The maximum absolute atomic E-state index is 13.1. The molecular weight excluding hydrogens is 418 g/mol. The molecule has 1 saturated carbocycles. The number of hydrogen-bond acceptors (Lipinski definition) is 5. The lowest BCUT2D eigenvalue weighted by molar-refractivity contribution is -0.135. The smallest absolute Gasteiger partial charge is 0.409 e. The van der Waals surface area contributed by atoms with Crippen LogP contribution >= 0.6 is 0 Å². The first-order valence-corrected chi connectivity index (χ1v) is 12.1. The topological polar surface area (TPSA) is 81.8 Å². The number of carbonyl (C=O) groups is 2. The molecule has 8 nitrogen and oxygen atoms in total. The molecule has 2 aliphatic heterocycles. The van der Waals surface area contributed by atoms with Crippen molar-refractivity contribution in [2.45, 2.75) is 32.7 Å². The molecule has 3 heterocycles. The number of ether oxygens (including phenoxy) is 1. The second-order valence-corrected chi connectivity index (χ2v) is 9.54. The first kappa shape index (κ1) is 21.9. The molecule has 0 bridgehead atoms. The van der Waals surface area contributed by atoms with Crippen molar-refractivity contribution in [1.29, 1.82) is 0 Å². The number of amides is 2. The van der Waals surface area contributed by atoms with Crippen LogP contribution in [0.4, 0.5) is 4.79 Å². The molecule has 5 rings (SSSR count). The van der Waals surface area contributed by atoms with Crippen LogP contribution in [-0.4, -0.2) is 82.8 Å². The summed E-state index contributed by atoms with van der Waals surface area (Å²) >= 11 is 0. The van der Waals surface area contributed by atoms with Crippen molar-refractivity contribution in [2.75, 3.05) is 45.9 Å². The van der Waals surface area contributed by atoms with Crippen LogP contribution in [0.5, 0.6) is 0 Å². The van der Waals surface area contributed by atoms with E-state index in [-0.39, 0.29) is 23.3 Å². The van der Waals surface area contributed by atoms with Crippen LogP contribution in [0.3, 0.4) is 0 Å². The van der Waals surface area contributed by atoms with Crippen molar-refractivity contribution < 1.29 is 14.3 Å². The van der Waals surface area contributed by atoms with Crippen LogP contribution in [0.1, 0.15) is 31.7 Å². The first-order chi connectivity index (χ1) is 16.1. The SMILES string of the molecule is CCOC(=O)N1CCN(C(=O)[C@@H]2CC23CCN(Cc2cn[nH]c2-c2ccccc2)CC3)CC1. The summed E-state index contributed by atoms with van der Waals surface area (Å²) in [7, 11) is 0. The zero-order chi connectivity index (χ0) is 22.8. The van der Waals surface area contributed by atoms with Gasteiger partial charge in [-0.15, -0.1) is 0 Å². The molecule has 1 spiro atoms. The number of likely N-dealkylation sites (tertiary alicyclic amines) is 1. The Morgan fingerprint density at radius 3 is 2.45 bits per heavy atom. The number of H-pyrrole nitrogens is 1. The number of piperidine rings is 1. The molecule has 0 radical (unpaired) electrons. The largest absolute Gasteiger partial charge is 0.450 e. The van der Waals surface area contributed by atoms with Gasteiger partial charge in [0.2, 0.25) is 5.91 Å². The molecule has 8 heteroatoms. The molecule has 1 aromatic heterocycles. The number of piperazine rings is 1. The van der Waals surface area contributed by atoms with Crippen LogP contribution in [0.15, 0.2) is 36.5 Å². The molecule has 1 aromatic carbocycles. The summed E-state index contributed by atoms with van der Waals surface area (Å²) < 4.78 is 5.08. The summed E-state index contributed by atoms with van der Waals surface area (Å²) in [5.41, 5.74) is 3.66. The number of nitrogens with zero attached hydrogens (tertiary/aromatic N) is 4. The second-order valence-electron chi connectivity index (χ2n) is 9.54. The third-order valence-corrected chi connectivity index (χ3v) is 7.63. The van der Waals surface area contributed by atoms with Crippen LogP contribution in [0.25, 0.3) is 11.3 Å². The summed E-state index contributed by atoms with van der Waals surface area (Å²) in [6.45, 7) is 7.45. The zero-order valence-electron chi connectivity index (χ0n) is 19.3. The van der Waals surface area contributed by atoms with E-state index in [9.17, 15) is 9.59 Å². The van der Waals surface area contributed by atoms with Gasteiger partial charge in [0.05, 0.1) is 18.5 Å². The average Bonchev–Trinajstić information content (AvgIpc) is 3.35.